The number of hydrogen-bond acceptors (Lipinski definition) is 2. The van der Waals surface area contributed by atoms with Gasteiger partial charge in [-0.3, -0.25) is 0 Å². The third-order valence-electron chi connectivity index (χ3n) is 2.06. The van der Waals surface area contributed by atoms with Gasteiger partial charge in [-0.2, -0.15) is 0 Å². The van der Waals surface area contributed by atoms with Crippen LogP contribution in [-0.4, -0.2) is 13.7 Å². The van der Waals surface area contributed by atoms with Crippen molar-refractivity contribution in [3.8, 4) is 5.75 Å². The highest BCUT2D eigenvalue weighted by atomic mass is 35.5. The van der Waals surface area contributed by atoms with Crippen molar-refractivity contribution in [1.82, 2.24) is 0 Å². The van der Waals surface area contributed by atoms with Crippen molar-refractivity contribution < 1.29 is 9.13 Å². The Morgan fingerprint density at radius 1 is 1.47 bits per heavy atom. The molecule has 4 heteroatoms. The molecule has 0 heterocycles. The lowest BCUT2D eigenvalue weighted by Gasteiger charge is -2.09. The quantitative estimate of drug-likeness (QED) is 0.781. The van der Waals surface area contributed by atoms with Crippen LogP contribution in [0.1, 0.15) is 19.8 Å². The van der Waals surface area contributed by atoms with E-state index < -0.39 is 5.82 Å². The molecular formula is C11H15ClFNO. The minimum atomic E-state index is -0.441. The molecule has 84 valence electrons. The Morgan fingerprint density at radius 3 is 2.73 bits per heavy atom. The van der Waals surface area contributed by atoms with Crippen molar-refractivity contribution in [1.29, 1.82) is 0 Å². The van der Waals surface area contributed by atoms with E-state index in [2.05, 4.69) is 12.2 Å². The van der Waals surface area contributed by atoms with E-state index in [1.807, 2.05) is 0 Å². The summed E-state index contributed by atoms with van der Waals surface area (Å²) < 4.78 is 18.2. The third kappa shape index (κ3) is 3.27. The van der Waals surface area contributed by atoms with Crippen LogP contribution in [0.5, 0.6) is 5.75 Å². The van der Waals surface area contributed by atoms with Crippen molar-refractivity contribution in [2.45, 2.75) is 19.8 Å². The monoisotopic (exact) mass is 231 g/mol. The van der Waals surface area contributed by atoms with Gasteiger partial charge in [0.15, 0.2) is 11.6 Å². The molecule has 1 rings (SSSR count). The maximum absolute atomic E-state index is 13.4. The van der Waals surface area contributed by atoms with E-state index >= 15 is 0 Å². The van der Waals surface area contributed by atoms with Gasteiger partial charge in [0, 0.05) is 18.3 Å². The summed E-state index contributed by atoms with van der Waals surface area (Å²) in [5.41, 5.74) is 0.687. The van der Waals surface area contributed by atoms with Crippen molar-refractivity contribution in [2.75, 3.05) is 19.0 Å². The Balaban J connectivity index is 2.75. The van der Waals surface area contributed by atoms with E-state index in [1.165, 1.54) is 13.2 Å². The first-order valence-electron chi connectivity index (χ1n) is 4.96. The summed E-state index contributed by atoms with van der Waals surface area (Å²) in [6, 6.07) is 3.06. The highest BCUT2D eigenvalue weighted by Crippen LogP contribution is 2.30. The van der Waals surface area contributed by atoms with Gasteiger partial charge < -0.3 is 10.1 Å². The van der Waals surface area contributed by atoms with Gasteiger partial charge in [-0.15, -0.1) is 0 Å². The Morgan fingerprint density at radius 2 is 2.20 bits per heavy atom. The minimum absolute atomic E-state index is 0.0951. The highest BCUT2D eigenvalue weighted by Gasteiger charge is 2.09. The Labute approximate surface area is 94.4 Å². The van der Waals surface area contributed by atoms with Gasteiger partial charge in [0.05, 0.1) is 12.1 Å². The van der Waals surface area contributed by atoms with Crippen LogP contribution in [0.4, 0.5) is 10.1 Å². The van der Waals surface area contributed by atoms with Gasteiger partial charge in [0.1, 0.15) is 0 Å². The third-order valence-corrected chi connectivity index (χ3v) is 2.34. The van der Waals surface area contributed by atoms with Gasteiger partial charge in [0.25, 0.3) is 0 Å². The van der Waals surface area contributed by atoms with E-state index in [4.69, 9.17) is 16.3 Å². The van der Waals surface area contributed by atoms with Crippen LogP contribution in [0.2, 0.25) is 5.02 Å². The molecule has 0 saturated heterocycles. The number of halogens is 2. The van der Waals surface area contributed by atoms with E-state index in [9.17, 15) is 4.39 Å². The number of unbranched alkanes of at least 4 members (excludes halogenated alkanes) is 1. The van der Waals surface area contributed by atoms with Crippen molar-refractivity contribution in [3.05, 3.63) is 23.0 Å². The van der Waals surface area contributed by atoms with E-state index in [-0.39, 0.29) is 10.8 Å². The maximum Gasteiger partial charge on any atom is 0.173 e. The molecule has 0 saturated carbocycles. The largest absolute Gasteiger partial charge is 0.492 e. The first-order valence-corrected chi connectivity index (χ1v) is 5.33. The lowest BCUT2D eigenvalue weighted by Crippen LogP contribution is -2.01. The van der Waals surface area contributed by atoms with Gasteiger partial charge in [-0.25, -0.2) is 4.39 Å². The molecule has 0 aliphatic rings. The summed E-state index contributed by atoms with van der Waals surface area (Å²) in [7, 11) is 1.40. The van der Waals surface area contributed by atoms with Crippen LogP contribution in [0, 0.1) is 5.82 Å². The number of rotatable bonds is 5. The zero-order valence-corrected chi connectivity index (χ0v) is 9.70. The van der Waals surface area contributed by atoms with Crippen LogP contribution in [-0.2, 0) is 0 Å². The van der Waals surface area contributed by atoms with Crippen LogP contribution < -0.4 is 10.1 Å². The van der Waals surface area contributed by atoms with Gasteiger partial charge in [-0.1, -0.05) is 24.9 Å². The average molecular weight is 232 g/mol. The Kier molecular flexibility index (Phi) is 4.69. The summed E-state index contributed by atoms with van der Waals surface area (Å²) in [5, 5.41) is 3.39. The average Bonchev–Trinajstić information content (AvgIpc) is 2.18. The first-order chi connectivity index (χ1) is 7.19. The summed E-state index contributed by atoms with van der Waals surface area (Å²) in [6.45, 7) is 2.92. The van der Waals surface area contributed by atoms with Gasteiger partial charge >= 0.3 is 0 Å². The number of ether oxygens (including phenoxy) is 1. The Hall–Kier alpha value is -0.960. The number of anilines is 1. The van der Waals surface area contributed by atoms with E-state index in [0.29, 0.717) is 5.69 Å². The zero-order valence-electron chi connectivity index (χ0n) is 8.94. The molecule has 1 aromatic rings. The smallest absolute Gasteiger partial charge is 0.173 e. The number of nitrogens with one attached hydrogen (secondary N) is 1. The predicted octanol–water partition coefficient (Wildman–Crippen LogP) is 3.70. The molecule has 0 atom stereocenters. The minimum Gasteiger partial charge on any atom is -0.492 e. The van der Waals surface area contributed by atoms with E-state index in [0.717, 1.165) is 19.4 Å². The van der Waals surface area contributed by atoms with Crippen LogP contribution in [0.3, 0.4) is 0 Å². The van der Waals surface area contributed by atoms with Crippen LogP contribution in [0.15, 0.2) is 12.1 Å². The molecule has 1 aromatic carbocycles. The highest BCUT2D eigenvalue weighted by molar-refractivity contribution is 6.32. The number of methoxy groups -OCH3 is 1. The summed E-state index contributed by atoms with van der Waals surface area (Å²) >= 11 is 5.84. The van der Waals surface area contributed by atoms with Crippen LogP contribution in [0.25, 0.3) is 0 Å². The van der Waals surface area contributed by atoms with Crippen molar-refractivity contribution >= 4 is 17.3 Å². The van der Waals surface area contributed by atoms with Crippen LogP contribution >= 0.6 is 11.6 Å². The molecule has 0 unspecified atom stereocenters. The molecule has 0 radical (unpaired) electrons. The molecule has 15 heavy (non-hydrogen) atoms. The lowest BCUT2D eigenvalue weighted by atomic mass is 10.2. The Bertz CT molecular complexity index is 307. The molecule has 0 spiro atoms. The van der Waals surface area contributed by atoms with E-state index in [1.54, 1.807) is 6.07 Å². The normalized spacial score (nSPS) is 10.1. The number of hydrogen-bond donors (Lipinski definition) is 1. The second-order valence-electron chi connectivity index (χ2n) is 3.25. The molecular weight excluding hydrogens is 217 g/mol. The SMILES string of the molecule is CCCCNc1cc(F)c(OC)c(Cl)c1. The van der Waals surface area contributed by atoms with Crippen molar-refractivity contribution in [3.63, 3.8) is 0 Å². The summed E-state index contributed by atoms with van der Waals surface area (Å²) in [4.78, 5) is 0. The van der Waals surface area contributed by atoms with Gasteiger partial charge in [0.2, 0.25) is 0 Å². The second-order valence-corrected chi connectivity index (χ2v) is 3.66. The first kappa shape index (κ1) is 12.1. The standard InChI is InChI=1S/C11H15ClFNO/c1-3-4-5-14-8-6-9(12)11(15-2)10(13)7-8/h6-7,14H,3-5H2,1-2H3. The summed E-state index contributed by atoms with van der Waals surface area (Å²) in [5.74, 6) is -0.346. The fraction of sp³-hybridized carbons (Fsp3) is 0.455. The number of benzene rings is 1. The lowest BCUT2D eigenvalue weighted by molar-refractivity contribution is 0.387. The maximum atomic E-state index is 13.4. The molecule has 0 fully saturated rings. The molecule has 0 bridgehead atoms. The van der Waals surface area contributed by atoms with Gasteiger partial charge in [-0.05, 0) is 12.5 Å². The molecule has 0 aliphatic carbocycles. The molecule has 1 N–H and O–H groups in total. The molecule has 2 nitrogen and oxygen atoms in total. The predicted molar refractivity (Wildman–Crippen MR) is 61.4 cm³/mol. The summed E-state index contributed by atoms with van der Waals surface area (Å²) in [6.07, 6.45) is 2.14. The fourth-order valence-electron chi connectivity index (χ4n) is 1.27. The topological polar surface area (TPSA) is 21.3 Å². The molecule has 0 amide bonds. The fourth-order valence-corrected chi connectivity index (χ4v) is 1.55. The second kappa shape index (κ2) is 5.81. The van der Waals surface area contributed by atoms with Crippen molar-refractivity contribution in [2.24, 2.45) is 0 Å². The molecule has 0 aromatic heterocycles. The molecule has 0 aliphatic heterocycles. The zero-order chi connectivity index (χ0) is 11.3.